The summed E-state index contributed by atoms with van der Waals surface area (Å²) in [5.74, 6) is -0.692. The van der Waals surface area contributed by atoms with Crippen LogP contribution in [-0.2, 0) is 9.53 Å². The van der Waals surface area contributed by atoms with E-state index in [0.717, 1.165) is 56.0 Å². The third-order valence-electron chi connectivity index (χ3n) is 6.39. The van der Waals surface area contributed by atoms with Crippen molar-refractivity contribution in [2.45, 2.75) is 38.2 Å². The Morgan fingerprint density at radius 3 is 2.76 bits per heavy atom. The van der Waals surface area contributed by atoms with Gasteiger partial charge >= 0.3 is 5.97 Å². The number of Topliss-reactive ketones (excluding diaryl/α,β-unsaturated/α-hetero) is 1. The van der Waals surface area contributed by atoms with Crippen LogP contribution in [0.1, 0.15) is 42.5 Å². The lowest BCUT2D eigenvalue weighted by Gasteiger charge is -2.39. The SMILES string of the molecule is O=C(O)c1cn(-c2ncc(F)s2)c2nc(N3CC(C(=O)CCC4CCCCO4)C3)ccc2c1=O. The first kappa shape index (κ1) is 22.6. The molecule has 9 nitrogen and oxygen atoms in total. The molecule has 3 aromatic rings. The molecule has 0 bridgehead atoms. The highest BCUT2D eigenvalue weighted by molar-refractivity contribution is 7.12. The van der Waals surface area contributed by atoms with Crippen LogP contribution in [0, 0.1) is 11.0 Å². The average molecular weight is 487 g/mol. The molecule has 0 saturated carbocycles. The first-order chi connectivity index (χ1) is 16.4. The molecule has 0 aliphatic carbocycles. The number of anilines is 1. The van der Waals surface area contributed by atoms with Gasteiger partial charge in [0.15, 0.2) is 15.9 Å². The highest BCUT2D eigenvalue weighted by Crippen LogP contribution is 2.28. The van der Waals surface area contributed by atoms with Gasteiger partial charge in [-0.15, -0.1) is 0 Å². The van der Waals surface area contributed by atoms with Crippen molar-refractivity contribution in [3.8, 4) is 5.13 Å². The molecule has 3 aromatic heterocycles. The number of carbonyl (C=O) groups excluding carboxylic acids is 1. The molecule has 2 aliphatic heterocycles. The van der Waals surface area contributed by atoms with Crippen LogP contribution >= 0.6 is 11.3 Å². The van der Waals surface area contributed by atoms with Crippen LogP contribution in [0.3, 0.4) is 0 Å². The lowest BCUT2D eigenvalue weighted by molar-refractivity contribution is -0.124. The highest BCUT2D eigenvalue weighted by Gasteiger charge is 2.34. The summed E-state index contributed by atoms with van der Waals surface area (Å²) in [6.07, 6.45) is 6.84. The summed E-state index contributed by atoms with van der Waals surface area (Å²) in [4.78, 5) is 47.3. The summed E-state index contributed by atoms with van der Waals surface area (Å²) in [5.41, 5.74) is -0.934. The summed E-state index contributed by atoms with van der Waals surface area (Å²) in [6.45, 7) is 1.81. The Bertz CT molecular complexity index is 1310. The van der Waals surface area contributed by atoms with Crippen LogP contribution in [0.5, 0.6) is 0 Å². The maximum Gasteiger partial charge on any atom is 0.341 e. The molecule has 11 heteroatoms. The molecule has 2 fully saturated rings. The fraction of sp³-hybridized carbons (Fsp3) is 0.435. The number of carbonyl (C=O) groups is 2. The number of nitrogens with zero attached hydrogens (tertiary/aromatic N) is 4. The van der Waals surface area contributed by atoms with E-state index in [4.69, 9.17) is 4.74 Å². The molecule has 0 amide bonds. The summed E-state index contributed by atoms with van der Waals surface area (Å²) < 4.78 is 20.7. The van der Waals surface area contributed by atoms with Crippen LogP contribution in [0.15, 0.2) is 29.3 Å². The van der Waals surface area contributed by atoms with Crippen molar-refractivity contribution in [3.63, 3.8) is 0 Å². The van der Waals surface area contributed by atoms with Gasteiger partial charge in [-0.1, -0.05) is 11.3 Å². The van der Waals surface area contributed by atoms with E-state index in [0.29, 0.717) is 25.3 Å². The largest absolute Gasteiger partial charge is 0.477 e. The molecule has 1 atom stereocenters. The summed E-state index contributed by atoms with van der Waals surface area (Å²) >= 11 is 0.719. The van der Waals surface area contributed by atoms with Gasteiger partial charge in [0.05, 0.1) is 23.6 Å². The van der Waals surface area contributed by atoms with E-state index in [2.05, 4.69) is 9.97 Å². The number of thiazole rings is 1. The predicted molar refractivity (Wildman–Crippen MR) is 123 cm³/mol. The molecule has 1 N–H and O–H groups in total. The van der Waals surface area contributed by atoms with E-state index >= 15 is 0 Å². The number of hydrogen-bond acceptors (Lipinski definition) is 8. The smallest absolute Gasteiger partial charge is 0.341 e. The van der Waals surface area contributed by atoms with Crippen molar-refractivity contribution in [2.24, 2.45) is 5.92 Å². The summed E-state index contributed by atoms with van der Waals surface area (Å²) in [5, 5.41) is 9.14. The Hall–Kier alpha value is -3.18. The van der Waals surface area contributed by atoms with Gasteiger partial charge in [0.25, 0.3) is 0 Å². The topological polar surface area (TPSA) is 115 Å². The average Bonchev–Trinajstić information content (AvgIpc) is 3.23. The van der Waals surface area contributed by atoms with E-state index in [-0.39, 0.29) is 34.0 Å². The van der Waals surface area contributed by atoms with Crippen molar-refractivity contribution < 1.29 is 23.8 Å². The third kappa shape index (κ3) is 4.32. The lowest BCUT2D eigenvalue weighted by Crippen LogP contribution is -2.51. The second-order valence-electron chi connectivity index (χ2n) is 8.63. The second kappa shape index (κ2) is 9.22. The molecule has 5 rings (SSSR count). The number of aromatic carboxylic acids is 1. The van der Waals surface area contributed by atoms with Gasteiger partial charge in [0, 0.05) is 32.3 Å². The molecular formula is C23H23FN4O5S. The first-order valence-electron chi connectivity index (χ1n) is 11.2. The molecule has 0 radical (unpaired) electrons. The zero-order chi connectivity index (χ0) is 23.8. The zero-order valence-corrected chi connectivity index (χ0v) is 19.1. The maximum absolute atomic E-state index is 13.6. The van der Waals surface area contributed by atoms with Crippen LogP contribution in [0.25, 0.3) is 16.2 Å². The van der Waals surface area contributed by atoms with Crippen LogP contribution in [0.4, 0.5) is 10.2 Å². The van der Waals surface area contributed by atoms with E-state index in [9.17, 15) is 23.9 Å². The molecule has 0 spiro atoms. The van der Waals surface area contributed by atoms with Crippen molar-refractivity contribution in [3.05, 3.63) is 45.4 Å². The number of rotatable bonds is 7. The molecule has 178 valence electrons. The van der Waals surface area contributed by atoms with Gasteiger partial charge in [-0.3, -0.25) is 14.2 Å². The highest BCUT2D eigenvalue weighted by atomic mass is 32.1. The zero-order valence-electron chi connectivity index (χ0n) is 18.3. The van der Waals surface area contributed by atoms with Crippen molar-refractivity contribution in [2.75, 3.05) is 24.6 Å². The Balaban J connectivity index is 1.36. The van der Waals surface area contributed by atoms with Crippen LogP contribution in [0.2, 0.25) is 0 Å². The van der Waals surface area contributed by atoms with Gasteiger partial charge in [-0.2, -0.15) is 4.39 Å². The molecule has 1 unspecified atom stereocenters. The number of halogens is 1. The van der Waals surface area contributed by atoms with E-state index in [1.165, 1.54) is 10.6 Å². The van der Waals surface area contributed by atoms with Gasteiger partial charge in [-0.05, 0) is 37.8 Å². The summed E-state index contributed by atoms with van der Waals surface area (Å²) in [7, 11) is 0. The monoisotopic (exact) mass is 486 g/mol. The molecule has 2 saturated heterocycles. The van der Waals surface area contributed by atoms with Crippen molar-refractivity contribution >= 4 is 39.9 Å². The number of hydrogen-bond donors (Lipinski definition) is 1. The standard InChI is InChI=1S/C23H23FN4O5S/c24-18-9-25-23(34-18)28-12-16(22(31)32)20(30)15-5-7-19(26-21(15)28)27-10-13(11-27)17(29)6-4-14-3-1-2-8-33-14/h5,7,9,12-14H,1-4,6,8,10-11H2,(H,31,32). The molecular weight excluding hydrogens is 463 g/mol. The number of aromatic nitrogens is 3. The Labute approximate surface area is 197 Å². The van der Waals surface area contributed by atoms with Crippen molar-refractivity contribution in [1.29, 1.82) is 0 Å². The van der Waals surface area contributed by atoms with Gasteiger partial charge in [-0.25, -0.2) is 14.8 Å². The van der Waals surface area contributed by atoms with Crippen LogP contribution < -0.4 is 10.3 Å². The number of ketones is 1. The van der Waals surface area contributed by atoms with Crippen molar-refractivity contribution in [1.82, 2.24) is 14.5 Å². The molecule has 34 heavy (non-hydrogen) atoms. The number of carboxylic acids is 1. The second-order valence-corrected chi connectivity index (χ2v) is 9.59. The minimum absolute atomic E-state index is 0.0780. The predicted octanol–water partition coefficient (Wildman–Crippen LogP) is 3.03. The van der Waals surface area contributed by atoms with Gasteiger partial charge in [0.1, 0.15) is 17.2 Å². The molecule has 5 heterocycles. The molecule has 0 aromatic carbocycles. The minimum atomic E-state index is -1.38. The van der Waals surface area contributed by atoms with E-state index in [1.807, 2.05) is 4.90 Å². The van der Waals surface area contributed by atoms with E-state index < -0.39 is 22.1 Å². The minimum Gasteiger partial charge on any atom is -0.477 e. The fourth-order valence-electron chi connectivity index (χ4n) is 4.44. The fourth-order valence-corrected chi connectivity index (χ4v) is 5.06. The van der Waals surface area contributed by atoms with Gasteiger partial charge in [0.2, 0.25) is 5.43 Å². The number of fused-ring (bicyclic) bond motifs is 1. The Morgan fingerprint density at radius 1 is 1.26 bits per heavy atom. The third-order valence-corrected chi connectivity index (χ3v) is 7.17. The first-order valence-corrected chi connectivity index (χ1v) is 12.0. The normalized spacial score (nSPS) is 18.7. The number of pyridine rings is 2. The maximum atomic E-state index is 13.6. The molecule has 2 aliphatic rings. The van der Waals surface area contributed by atoms with Gasteiger partial charge < -0.3 is 14.7 Å². The lowest BCUT2D eigenvalue weighted by atomic mass is 9.91. The number of ether oxygens (including phenoxy) is 1. The number of carboxylic acid groups (broad SMARTS) is 1. The Kier molecular flexibility index (Phi) is 6.13. The quantitative estimate of drug-likeness (QED) is 0.542. The Morgan fingerprint density at radius 2 is 2.09 bits per heavy atom. The summed E-state index contributed by atoms with van der Waals surface area (Å²) in [6, 6.07) is 3.15. The van der Waals surface area contributed by atoms with E-state index in [1.54, 1.807) is 6.07 Å². The van der Waals surface area contributed by atoms with Crippen LogP contribution in [-0.4, -0.2) is 57.2 Å².